The van der Waals surface area contributed by atoms with Crippen molar-refractivity contribution in [2.45, 2.75) is 58.0 Å². The molecule has 1 aliphatic carbocycles. The molecule has 0 aliphatic heterocycles. The quantitative estimate of drug-likeness (QED) is 0.619. The second-order valence-electron chi connectivity index (χ2n) is 7.73. The number of fused-ring (bicyclic) bond motifs is 1. The van der Waals surface area contributed by atoms with E-state index in [1.807, 2.05) is 13.8 Å². The van der Waals surface area contributed by atoms with Crippen LogP contribution in [0.1, 0.15) is 60.5 Å². The Morgan fingerprint density at radius 1 is 1.28 bits per heavy atom. The van der Waals surface area contributed by atoms with Gasteiger partial charge in [-0.05, 0) is 45.2 Å². The van der Waals surface area contributed by atoms with Crippen LogP contribution in [0.25, 0.3) is 10.2 Å². The number of carbonyl (C=O) groups excluding carboxylic acids is 1. The van der Waals surface area contributed by atoms with Gasteiger partial charge in [0.05, 0.1) is 10.8 Å². The van der Waals surface area contributed by atoms with Crippen LogP contribution < -0.4 is 5.56 Å². The maximum atomic E-state index is 14.5. The summed E-state index contributed by atoms with van der Waals surface area (Å²) in [7, 11) is 0. The Labute approximate surface area is 171 Å². The number of H-pyrrole nitrogens is 1. The zero-order valence-corrected chi connectivity index (χ0v) is 17.5. The standard InChI is InChI=1S/C22H23FN2O3S/c1-12-14(3)29-20-17(12)19(26)24-18(25-20)13(2)28-21(27)22(10-6-7-11-22)15-8-4-5-9-16(15)23/h4-5,8-9,13H,6-7,10-11H2,1-3H3,(H,24,25,26)/t13-/m0/s1. The van der Waals surface area contributed by atoms with E-state index in [0.717, 1.165) is 23.3 Å². The number of halogens is 1. The first-order chi connectivity index (χ1) is 13.8. The Hall–Kier alpha value is -2.54. The molecule has 0 spiro atoms. The molecule has 29 heavy (non-hydrogen) atoms. The first-order valence-electron chi connectivity index (χ1n) is 9.79. The van der Waals surface area contributed by atoms with Crippen molar-refractivity contribution in [3.05, 3.63) is 62.3 Å². The summed E-state index contributed by atoms with van der Waals surface area (Å²) in [6, 6.07) is 6.39. The molecule has 1 atom stereocenters. The van der Waals surface area contributed by atoms with Gasteiger partial charge in [0.15, 0.2) is 11.9 Å². The minimum absolute atomic E-state index is 0.237. The largest absolute Gasteiger partial charge is 0.454 e. The van der Waals surface area contributed by atoms with Crippen molar-refractivity contribution in [3.63, 3.8) is 0 Å². The Bertz CT molecular complexity index is 1140. The highest BCUT2D eigenvalue weighted by Gasteiger charge is 2.46. The minimum atomic E-state index is -0.986. The van der Waals surface area contributed by atoms with Gasteiger partial charge in [-0.3, -0.25) is 9.59 Å². The summed E-state index contributed by atoms with van der Waals surface area (Å²) >= 11 is 1.45. The van der Waals surface area contributed by atoms with Gasteiger partial charge in [0.1, 0.15) is 10.6 Å². The summed E-state index contributed by atoms with van der Waals surface area (Å²) in [4.78, 5) is 34.7. The molecule has 1 saturated carbocycles. The van der Waals surface area contributed by atoms with Crippen LogP contribution in [0.4, 0.5) is 4.39 Å². The predicted molar refractivity (Wildman–Crippen MR) is 111 cm³/mol. The van der Waals surface area contributed by atoms with Crippen molar-refractivity contribution in [2.24, 2.45) is 0 Å². The third-order valence-corrected chi connectivity index (χ3v) is 7.06. The number of hydrogen-bond acceptors (Lipinski definition) is 5. The molecule has 0 radical (unpaired) electrons. The van der Waals surface area contributed by atoms with Crippen molar-refractivity contribution in [1.29, 1.82) is 0 Å². The smallest absolute Gasteiger partial charge is 0.317 e. The fraction of sp³-hybridized carbons (Fsp3) is 0.409. The normalized spacial score (nSPS) is 16.8. The number of benzene rings is 1. The van der Waals surface area contributed by atoms with Crippen molar-refractivity contribution in [3.8, 4) is 0 Å². The van der Waals surface area contributed by atoms with Crippen LogP contribution in [0, 0.1) is 19.7 Å². The number of nitrogens with one attached hydrogen (secondary N) is 1. The molecule has 4 rings (SSSR count). The monoisotopic (exact) mass is 414 g/mol. The Balaban J connectivity index is 1.66. The lowest BCUT2D eigenvalue weighted by atomic mass is 9.78. The van der Waals surface area contributed by atoms with Crippen molar-refractivity contribution in [1.82, 2.24) is 9.97 Å². The molecular weight excluding hydrogens is 391 g/mol. The van der Waals surface area contributed by atoms with E-state index < -0.39 is 23.3 Å². The zero-order chi connectivity index (χ0) is 20.8. The molecule has 0 bridgehead atoms. The fourth-order valence-corrected chi connectivity index (χ4v) is 5.24. The molecule has 2 aromatic heterocycles. The van der Waals surface area contributed by atoms with E-state index in [1.54, 1.807) is 25.1 Å². The first kappa shape index (κ1) is 19.8. The number of hydrogen-bond donors (Lipinski definition) is 1. The molecule has 1 aromatic carbocycles. The van der Waals surface area contributed by atoms with E-state index in [2.05, 4.69) is 9.97 Å². The Morgan fingerprint density at radius 2 is 1.97 bits per heavy atom. The summed E-state index contributed by atoms with van der Waals surface area (Å²) in [5.74, 6) is -0.552. The lowest BCUT2D eigenvalue weighted by Crippen LogP contribution is -2.36. The van der Waals surface area contributed by atoms with Crippen molar-refractivity contribution >= 4 is 27.5 Å². The van der Waals surface area contributed by atoms with Crippen molar-refractivity contribution in [2.75, 3.05) is 0 Å². The third-order valence-electron chi connectivity index (χ3n) is 5.96. The molecule has 2 heterocycles. The highest BCUT2D eigenvalue weighted by Crippen LogP contribution is 2.44. The van der Waals surface area contributed by atoms with Crippen LogP contribution >= 0.6 is 11.3 Å². The van der Waals surface area contributed by atoms with Crippen LogP contribution in [0.2, 0.25) is 0 Å². The molecule has 7 heteroatoms. The number of thiophene rings is 1. The Kier molecular flexibility index (Phi) is 5.02. The molecular formula is C22H23FN2O3S. The van der Waals surface area contributed by atoms with Gasteiger partial charge in [0.25, 0.3) is 5.56 Å². The summed E-state index contributed by atoms with van der Waals surface area (Å²) in [5, 5.41) is 0.577. The highest BCUT2D eigenvalue weighted by molar-refractivity contribution is 7.18. The van der Waals surface area contributed by atoms with E-state index in [1.165, 1.54) is 17.4 Å². The lowest BCUT2D eigenvalue weighted by Gasteiger charge is -2.29. The molecule has 5 nitrogen and oxygen atoms in total. The number of aromatic amines is 1. The number of nitrogens with zero attached hydrogens (tertiary/aromatic N) is 1. The average Bonchev–Trinajstić information content (AvgIpc) is 3.28. The van der Waals surface area contributed by atoms with Crippen LogP contribution in [-0.4, -0.2) is 15.9 Å². The summed E-state index contributed by atoms with van der Waals surface area (Å²) < 4.78 is 20.2. The second-order valence-corrected chi connectivity index (χ2v) is 8.93. The lowest BCUT2D eigenvalue weighted by molar-refractivity contribution is -0.156. The van der Waals surface area contributed by atoms with Crippen LogP contribution in [0.15, 0.2) is 29.1 Å². The van der Waals surface area contributed by atoms with E-state index in [9.17, 15) is 14.0 Å². The minimum Gasteiger partial charge on any atom is -0.454 e. The zero-order valence-electron chi connectivity index (χ0n) is 16.7. The van der Waals surface area contributed by atoms with Gasteiger partial charge in [-0.2, -0.15) is 0 Å². The van der Waals surface area contributed by atoms with Gasteiger partial charge < -0.3 is 9.72 Å². The van der Waals surface area contributed by atoms with E-state index in [0.29, 0.717) is 34.4 Å². The van der Waals surface area contributed by atoms with Gasteiger partial charge in [0.2, 0.25) is 0 Å². The second kappa shape index (κ2) is 7.37. The topological polar surface area (TPSA) is 72.0 Å². The van der Waals surface area contributed by atoms with E-state index in [-0.39, 0.29) is 5.56 Å². The van der Waals surface area contributed by atoms with Crippen molar-refractivity contribution < 1.29 is 13.9 Å². The van der Waals surface area contributed by atoms with Gasteiger partial charge in [-0.1, -0.05) is 31.0 Å². The molecule has 152 valence electrons. The van der Waals surface area contributed by atoms with Crippen LogP contribution in [-0.2, 0) is 14.9 Å². The maximum absolute atomic E-state index is 14.5. The van der Waals surface area contributed by atoms with Gasteiger partial charge in [-0.25, -0.2) is 9.37 Å². The summed E-state index contributed by atoms with van der Waals surface area (Å²) in [6.07, 6.45) is 2.03. The SMILES string of the molecule is Cc1sc2nc([C@H](C)OC(=O)C3(c4ccccc4F)CCCC3)[nH]c(=O)c2c1C. The van der Waals surface area contributed by atoms with Gasteiger partial charge >= 0.3 is 5.97 Å². The number of carbonyl (C=O) groups is 1. The number of aryl methyl sites for hydroxylation is 2. The molecule has 1 N–H and O–H groups in total. The number of ether oxygens (including phenoxy) is 1. The number of aromatic nitrogens is 2. The van der Waals surface area contributed by atoms with Gasteiger partial charge in [0, 0.05) is 10.4 Å². The Morgan fingerprint density at radius 3 is 2.66 bits per heavy atom. The first-order valence-corrected chi connectivity index (χ1v) is 10.6. The molecule has 1 fully saturated rings. The number of esters is 1. The van der Waals surface area contributed by atoms with Crippen LogP contribution in [0.5, 0.6) is 0 Å². The molecule has 0 unspecified atom stereocenters. The molecule has 1 aliphatic rings. The van der Waals surface area contributed by atoms with Gasteiger partial charge in [-0.15, -0.1) is 11.3 Å². The highest BCUT2D eigenvalue weighted by atomic mass is 32.1. The molecule has 0 amide bonds. The third kappa shape index (κ3) is 3.27. The number of rotatable bonds is 4. The molecule has 0 saturated heterocycles. The fourth-order valence-electron chi connectivity index (χ4n) is 4.20. The molecule has 3 aromatic rings. The van der Waals surface area contributed by atoms with Crippen LogP contribution in [0.3, 0.4) is 0 Å². The maximum Gasteiger partial charge on any atom is 0.317 e. The summed E-state index contributed by atoms with van der Waals surface area (Å²) in [5.41, 5.74) is 0.0788. The predicted octanol–water partition coefficient (Wildman–Crippen LogP) is 4.86. The summed E-state index contributed by atoms with van der Waals surface area (Å²) in [6.45, 7) is 5.52. The van der Waals surface area contributed by atoms with E-state index in [4.69, 9.17) is 4.74 Å². The average molecular weight is 415 g/mol. The van der Waals surface area contributed by atoms with E-state index >= 15 is 0 Å².